The van der Waals surface area contributed by atoms with Crippen LogP contribution in [-0.4, -0.2) is 16.8 Å². The van der Waals surface area contributed by atoms with Crippen LogP contribution in [0, 0.1) is 25.6 Å². The van der Waals surface area contributed by atoms with E-state index >= 15 is 0 Å². The molecule has 122 valence electrons. The van der Waals surface area contributed by atoms with Crippen molar-refractivity contribution in [3.63, 3.8) is 0 Å². The topological polar surface area (TPSA) is 72.2 Å². The highest BCUT2D eigenvalue weighted by atomic mass is 19.1. The minimum atomic E-state index is -0.526. The lowest BCUT2D eigenvalue weighted by molar-refractivity contribution is -0.121. The first-order valence-corrected chi connectivity index (χ1v) is 7.36. The largest absolute Gasteiger partial charge is 0.361 e. The van der Waals surface area contributed by atoms with Gasteiger partial charge in [0, 0.05) is 30.0 Å². The summed E-state index contributed by atoms with van der Waals surface area (Å²) in [5.74, 6) is -0.835. The molecular formula is C17H19FN2O3. The van der Waals surface area contributed by atoms with Gasteiger partial charge in [0.15, 0.2) is 5.78 Å². The zero-order valence-corrected chi connectivity index (χ0v) is 13.4. The molecule has 5 nitrogen and oxygen atoms in total. The van der Waals surface area contributed by atoms with E-state index in [9.17, 15) is 14.0 Å². The molecular weight excluding hydrogens is 299 g/mol. The monoisotopic (exact) mass is 318 g/mol. The molecule has 0 saturated heterocycles. The molecule has 0 aliphatic carbocycles. The zero-order valence-electron chi connectivity index (χ0n) is 13.4. The summed E-state index contributed by atoms with van der Waals surface area (Å²) in [6.07, 6.45) is 0.0404. The summed E-state index contributed by atoms with van der Waals surface area (Å²) in [7, 11) is 0. The first kappa shape index (κ1) is 16.9. The van der Waals surface area contributed by atoms with Crippen molar-refractivity contribution in [1.82, 2.24) is 10.5 Å². The maximum atomic E-state index is 13.2. The third-order valence-corrected chi connectivity index (χ3v) is 3.69. The van der Waals surface area contributed by atoms with Crippen LogP contribution < -0.4 is 5.32 Å². The van der Waals surface area contributed by atoms with E-state index in [0.717, 1.165) is 11.3 Å². The van der Waals surface area contributed by atoms with Gasteiger partial charge in [-0.2, -0.15) is 0 Å². The summed E-state index contributed by atoms with van der Waals surface area (Å²) in [5.41, 5.74) is 1.84. The number of aromatic nitrogens is 1. The van der Waals surface area contributed by atoms with Crippen LogP contribution in [0.3, 0.4) is 0 Å². The lowest BCUT2D eigenvalue weighted by Crippen LogP contribution is -2.27. The molecule has 1 aromatic carbocycles. The van der Waals surface area contributed by atoms with Gasteiger partial charge < -0.3 is 9.84 Å². The molecule has 2 rings (SSSR count). The number of carbonyl (C=O) groups excluding carboxylic acids is 2. The van der Waals surface area contributed by atoms with E-state index in [2.05, 4.69) is 10.5 Å². The van der Waals surface area contributed by atoms with Crippen LogP contribution in [-0.2, 0) is 11.3 Å². The Morgan fingerprint density at radius 3 is 2.70 bits per heavy atom. The maximum Gasteiger partial charge on any atom is 0.220 e. The summed E-state index contributed by atoms with van der Waals surface area (Å²) < 4.78 is 18.2. The Balaban J connectivity index is 1.91. The molecule has 0 spiro atoms. The highest BCUT2D eigenvalue weighted by molar-refractivity contribution is 5.99. The van der Waals surface area contributed by atoms with Crippen LogP contribution in [0.1, 0.15) is 40.7 Å². The van der Waals surface area contributed by atoms with Gasteiger partial charge in [-0.25, -0.2) is 4.39 Å². The van der Waals surface area contributed by atoms with Gasteiger partial charge in [0.2, 0.25) is 5.91 Å². The lowest BCUT2D eigenvalue weighted by atomic mass is 9.96. The normalized spacial score (nSPS) is 12.0. The minimum Gasteiger partial charge on any atom is -0.361 e. The van der Waals surface area contributed by atoms with E-state index in [-0.39, 0.29) is 23.7 Å². The Morgan fingerprint density at radius 2 is 2.09 bits per heavy atom. The fourth-order valence-electron chi connectivity index (χ4n) is 2.31. The van der Waals surface area contributed by atoms with Gasteiger partial charge in [0.25, 0.3) is 0 Å². The van der Waals surface area contributed by atoms with E-state index in [4.69, 9.17) is 4.52 Å². The summed E-state index contributed by atoms with van der Waals surface area (Å²) in [6, 6.07) is 5.48. The van der Waals surface area contributed by atoms with Gasteiger partial charge in [-0.1, -0.05) is 24.2 Å². The molecule has 1 heterocycles. The Hall–Kier alpha value is -2.50. The Bertz CT molecular complexity index is 705. The maximum absolute atomic E-state index is 13.2. The number of rotatable bonds is 6. The molecule has 2 aromatic rings. The van der Waals surface area contributed by atoms with Gasteiger partial charge in [0.1, 0.15) is 11.6 Å². The summed E-state index contributed by atoms with van der Waals surface area (Å²) >= 11 is 0. The van der Waals surface area contributed by atoms with Crippen molar-refractivity contribution in [3.8, 4) is 0 Å². The van der Waals surface area contributed by atoms with Crippen molar-refractivity contribution in [2.24, 2.45) is 5.92 Å². The molecule has 0 bridgehead atoms. The molecule has 0 radical (unpaired) electrons. The average Bonchev–Trinajstić information content (AvgIpc) is 2.83. The average molecular weight is 318 g/mol. The Kier molecular flexibility index (Phi) is 5.26. The number of aryl methyl sites for hydroxylation is 2. The van der Waals surface area contributed by atoms with Crippen LogP contribution in [0.15, 0.2) is 28.8 Å². The van der Waals surface area contributed by atoms with Crippen molar-refractivity contribution < 1.29 is 18.5 Å². The second-order valence-electron chi connectivity index (χ2n) is 5.56. The van der Waals surface area contributed by atoms with E-state index in [1.807, 2.05) is 0 Å². The number of amides is 1. The molecule has 1 N–H and O–H groups in total. The molecule has 0 fully saturated rings. The number of carbonyl (C=O) groups is 2. The summed E-state index contributed by atoms with van der Waals surface area (Å²) in [5, 5.41) is 6.57. The molecule has 0 aliphatic rings. The fourth-order valence-corrected chi connectivity index (χ4v) is 2.31. The van der Waals surface area contributed by atoms with Crippen LogP contribution in [0.25, 0.3) is 0 Å². The molecule has 1 atom stereocenters. The van der Waals surface area contributed by atoms with Gasteiger partial charge in [-0.05, 0) is 26.0 Å². The first-order chi connectivity index (χ1) is 10.9. The van der Waals surface area contributed by atoms with Gasteiger partial charge >= 0.3 is 0 Å². The number of hydrogen-bond acceptors (Lipinski definition) is 4. The number of nitrogens with one attached hydrogen (secondary N) is 1. The van der Waals surface area contributed by atoms with E-state index in [1.54, 1.807) is 26.8 Å². The predicted molar refractivity (Wildman–Crippen MR) is 82.3 cm³/mol. The lowest BCUT2D eigenvalue weighted by Gasteiger charge is -2.11. The van der Waals surface area contributed by atoms with E-state index in [0.29, 0.717) is 12.3 Å². The predicted octanol–water partition coefficient (Wildman–Crippen LogP) is 2.96. The number of hydrogen-bond donors (Lipinski definition) is 1. The SMILES string of the molecule is Cc1noc(C)c1CNC(=O)CC(C)C(=O)c1cccc(F)c1. The van der Waals surface area contributed by atoms with E-state index < -0.39 is 11.7 Å². The highest BCUT2D eigenvalue weighted by Crippen LogP contribution is 2.15. The van der Waals surface area contributed by atoms with Crippen molar-refractivity contribution in [1.29, 1.82) is 0 Å². The van der Waals surface area contributed by atoms with E-state index in [1.165, 1.54) is 18.2 Å². The molecule has 0 saturated carbocycles. The molecule has 1 unspecified atom stereocenters. The Morgan fingerprint density at radius 1 is 1.35 bits per heavy atom. The third kappa shape index (κ3) is 4.25. The van der Waals surface area contributed by atoms with Crippen LogP contribution in [0.2, 0.25) is 0 Å². The molecule has 23 heavy (non-hydrogen) atoms. The number of nitrogens with zero attached hydrogens (tertiary/aromatic N) is 1. The fraction of sp³-hybridized carbons (Fsp3) is 0.353. The number of benzene rings is 1. The first-order valence-electron chi connectivity index (χ1n) is 7.36. The van der Waals surface area contributed by atoms with Gasteiger partial charge in [-0.3, -0.25) is 9.59 Å². The summed E-state index contributed by atoms with van der Waals surface area (Å²) in [4.78, 5) is 24.2. The van der Waals surface area contributed by atoms with Crippen molar-refractivity contribution in [3.05, 3.63) is 52.7 Å². The Labute approximate surface area is 133 Å². The van der Waals surface area contributed by atoms with Gasteiger partial charge in [0.05, 0.1) is 5.69 Å². The van der Waals surface area contributed by atoms with Crippen molar-refractivity contribution in [2.45, 2.75) is 33.7 Å². The molecule has 1 aromatic heterocycles. The summed E-state index contributed by atoms with van der Waals surface area (Å²) in [6.45, 7) is 5.54. The van der Waals surface area contributed by atoms with Gasteiger partial charge in [-0.15, -0.1) is 0 Å². The smallest absolute Gasteiger partial charge is 0.220 e. The van der Waals surface area contributed by atoms with Crippen molar-refractivity contribution in [2.75, 3.05) is 0 Å². The minimum absolute atomic E-state index is 0.0404. The number of halogens is 1. The third-order valence-electron chi connectivity index (χ3n) is 3.69. The molecule has 1 amide bonds. The van der Waals surface area contributed by atoms with Crippen LogP contribution >= 0.6 is 0 Å². The number of ketones is 1. The quantitative estimate of drug-likeness (QED) is 0.831. The molecule has 6 heteroatoms. The number of Topliss-reactive ketones (excluding diaryl/α,β-unsaturated/α-hetero) is 1. The van der Waals surface area contributed by atoms with Crippen LogP contribution in [0.4, 0.5) is 4.39 Å². The standard InChI is InChI=1S/C17H19FN2O3/c1-10(17(22)13-5-4-6-14(18)8-13)7-16(21)19-9-15-11(2)20-23-12(15)3/h4-6,8,10H,7,9H2,1-3H3,(H,19,21). The highest BCUT2D eigenvalue weighted by Gasteiger charge is 2.19. The molecule has 0 aliphatic heterocycles. The second-order valence-corrected chi connectivity index (χ2v) is 5.56. The van der Waals surface area contributed by atoms with Crippen molar-refractivity contribution >= 4 is 11.7 Å². The zero-order chi connectivity index (χ0) is 17.0. The second kappa shape index (κ2) is 7.17. The van der Waals surface area contributed by atoms with Crippen LogP contribution in [0.5, 0.6) is 0 Å².